The lowest BCUT2D eigenvalue weighted by Gasteiger charge is -2.07. The molecule has 6 heteroatoms. The number of hydrogen-bond donors (Lipinski definition) is 0. The van der Waals surface area contributed by atoms with Crippen LogP contribution in [0, 0.1) is 0 Å². The van der Waals surface area contributed by atoms with Crippen LogP contribution in [-0.4, -0.2) is 51.6 Å². The molecule has 0 spiro atoms. The predicted molar refractivity (Wildman–Crippen MR) is 152 cm³/mol. The highest BCUT2D eigenvalue weighted by atomic mass is 16.6. The quantitative estimate of drug-likeness (QED) is 0.138. The van der Waals surface area contributed by atoms with E-state index in [-0.39, 0.29) is 13.2 Å². The minimum Gasteiger partial charge on any atom is -0.460 e. The van der Waals surface area contributed by atoms with Gasteiger partial charge in [0, 0.05) is 11.1 Å². The Hall–Kier alpha value is -3.48. The van der Waals surface area contributed by atoms with Gasteiger partial charge in [0.25, 0.3) is 0 Å². The molecule has 0 amide bonds. The summed E-state index contributed by atoms with van der Waals surface area (Å²) >= 11 is 0. The second-order valence-electron chi connectivity index (χ2n) is 4.06. The zero-order chi connectivity index (χ0) is 29.4. The summed E-state index contributed by atoms with van der Waals surface area (Å²) in [4.78, 5) is 22.0. The Kier molecular flexibility index (Phi) is 108. The van der Waals surface area contributed by atoms with Crippen LogP contribution in [0.2, 0.25) is 0 Å². The van der Waals surface area contributed by atoms with Crippen molar-refractivity contribution in [3.63, 3.8) is 0 Å². The standard InChI is InChI=1S/C14H22O6.7C2H4/c1-11(2)13(15)19-9-7-17-5-6-18-8-10-20-14(16)12(3)4;7*1-2/h1,3,5-10H2,2,4H3;7*1-2H2. The van der Waals surface area contributed by atoms with Crippen molar-refractivity contribution in [2.24, 2.45) is 0 Å². The molecule has 34 heavy (non-hydrogen) atoms. The predicted octanol–water partition coefficient (Wildman–Crippen LogP) is 6.87. The van der Waals surface area contributed by atoms with E-state index in [1.807, 2.05) is 0 Å². The molecule has 0 N–H and O–H groups in total. The van der Waals surface area contributed by atoms with Gasteiger partial charge in [-0.05, 0) is 13.8 Å². The Bertz CT molecular complexity index is 393. The Balaban J connectivity index is -0.0000000683. The Labute approximate surface area is 210 Å². The van der Waals surface area contributed by atoms with E-state index in [0.717, 1.165) is 0 Å². The molecule has 0 saturated heterocycles. The molecule has 0 heterocycles. The van der Waals surface area contributed by atoms with Gasteiger partial charge in [0.05, 0.1) is 26.4 Å². The average Bonchev–Trinajstić information content (AvgIpc) is 2.92. The second-order valence-corrected chi connectivity index (χ2v) is 4.06. The lowest BCUT2D eigenvalue weighted by atomic mass is 10.4. The average molecular weight is 483 g/mol. The third-order valence-electron chi connectivity index (χ3n) is 1.99. The smallest absolute Gasteiger partial charge is 0.333 e. The maximum Gasteiger partial charge on any atom is 0.333 e. The minimum absolute atomic E-state index is 0.182. The summed E-state index contributed by atoms with van der Waals surface area (Å²) in [6, 6.07) is 0. The molecule has 0 aliphatic rings. The highest BCUT2D eigenvalue weighted by molar-refractivity contribution is 5.87. The van der Waals surface area contributed by atoms with Crippen LogP contribution in [-0.2, 0) is 28.5 Å². The first-order valence-corrected chi connectivity index (χ1v) is 9.76. The fourth-order valence-electron chi connectivity index (χ4n) is 0.955. The zero-order valence-electron chi connectivity index (χ0n) is 22.0. The summed E-state index contributed by atoms with van der Waals surface area (Å²) in [6.45, 7) is 53.8. The number of esters is 2. The van der Waals surface area contributed by atoms with E-state index in [4.69, 9.17) is 18.9 Å². The van der Waals surface area contributed by atoms with E-state index in [1.165, 1.54) is 0 Å². The molecule has 0 aliphatic carbocycles. The number of ether oxygens (including phenoxy) is 4. The molecule has 0 aromatic heterocycles. The molecular formula is C28H50O6. The largest absolute Gasteiger partial charge is 0.460 e. The monoisotopic (exact) mass is 482 g/mol. The molecule has 0 atom stereocenters. The number of rotatable bonds is 11. The number of carbonyl (C=O) groups is 2. The molecule has 0 radical (unpaired) electrons. The van der Waals surface area contributed by atoms with Gasteiger partial charge in [0.1, 0.15) is 13.2 Å². The first-order chi connectivity index (χ1) is 16.4. The van der Waals surface area contributed by atoms with Gasteiger partial charge in [-0.15, -0.1) is 92.1 Å². The second kappa shape index (κ2) is 70.0. The van der Waals surface area contributed by atoms with Crippen molar-refractivity contribution in [3.05, 3.63) is 116 Å². The third kappa shape index (κ3) is 70.4. The Morgan fingerprint density at radius 1 is 0.441 bits per heavy atom. The summed E-state index contributed by atoms with van der Waals surface area (Å²) in [5, 5.41) is 0. The molecule has 0 aromatic rings. The molecule has 0 fully saturated rings. The highest BCUT2D eigenvalue weighted by Gasteiger charge is 2.03. The van der Waals surface area contributed by atoms with Crippen LogP contribution in [0.25, 0.3) is 0 Å². The van der Waals surface area contributed by atoms with Gasteiger partial charge in [-0.2, -0.15) is 0 Å². The first kappa shape index (κ1) is 52.4. The van der Waals surface area contributed by atoms with Crippen LogP contribution in [0.5, 0.6) is 0 Å². The first-order valence-electron chi connectivity index (χ1n) is 9.76. The molecule has 0 aromatic carbocycles. The van der Waals surface area contributed by atoms with Crippen molar-refractivity contribution in [3.8, 4) is 0 Å². The molecule has 6 nitrogen and oxygen atoms in total. The topological polar surface area (TPSA) is 71.1 Å². The van der Waals surface area contributed by atoms with Crippen LogP contribution in [0.3, 0.4) is 0 Å². The normalized spacial score (nSPS) is 6.65. The Morgan fingerprint density at radius 3 is 0.794 bits per heavy atom. The van der Waals surface area contributed by atoms with Gasteiger partial charge in [-0.3, -0.25) is 0 Å². The van der Waals surface area contributed by atoms with E-state index in [2.05, 4.69) is 105 Å². The fraction of sp³-hybridized carbons (Fsp3) is 0.286. The van der Waals surface area contributed by atoms with Crippen LogP contribution in [0.15, 0.2) is 116 Å². The minimum atomic E-state index is -0.427. The van der Waals surface area contributed by atoms with Gasteiger partial charge in [-0.25, -0.2) is 9.59 Å². The molecule has 0 aliphatic heterocycles. The van der Waals surface area contributed by atoms with Crippen LogP contribution < -0.4 is 0 Å². The van der Waals surface area contributed by atoms with Crippen molar-refractivity contribution in [1.29, 1.82) is 0 Å². The van der Waals surface area contributed by atoms with Crippen LogP contribution in [0.1, 0.15) is 13.8 Å². The third-order valence-corrected chi connectivity index (χ3v) is 1.99. The van der Waals surface area contributed by atoms with E-state index in [9.17, 15) is 9.59 Å². The molecule has 0 rings (SSSR count). The van der Waals surface area contributed by atoms with Gasteiger partial charge < -0.3 is 18.9 Å². The Morgan fingerprint density at radius 2 is 0.618 bits per heavy atom. The lowest BCUT2D eigenvalue weighted by molar-refractivity contribution is -0.142. The van der Waals surface area contributed by atoms with Crippen molar-refractivity contribution >= 4 is 11.9 Å². The van der Waals surface area contributed by atoms with Crippen molar-refractivity contribution < 1.29 is 28.5 Å². The number of hydrogen-bond acceptors (Lipinski definition) is 6. The van der Waals surface area contributed by atoms with Gasteiger partial charge >= 0.3 is 11.9 Å². The maximum atomic E-state index is 11.0. The van der Waals surface area contributed by atoms with Crippen molar-refractivity contribution in [2.75, 3.05) is 39.6 Å². The molecule has 198 valence electrons. The SMILES string of the molecule is C=C.C=C.C=C.C=C.C=C.C=C.C=C.C=C(C)C(=O)OCCOCCOCCOC(=O)C(=C)C. The van der Waals surface area contributed by atoms with Crippen molar-refractivity contribution in [2.45, 2.75) is 13.8 Å². The summed E-state index contributed by atoms with van der Waals surface area (Å²) in [6.07, 6.45) is 0. The lowest BCUT2D eigenvalue weighted by Crippen LogP contribution is -2.15. The van der Waals surface area contributed by atoms with Crippen LogP contribution in [0.4, 0.5) is 0 Å². The van der Waals surface area contributed by atoms with E-state index >= 15 is 0 Å². The van der Waals surface area contributed by atoms with E-state index < -0.39 is 11.9 Å². The number of carbonyl (C=O) groups excluding carboxylic acids is 2. The highest BCUT2D eigenvalue weighted by Crippen LogP contribution is 1.92. The van der Waals surface area contributed by atoms with E-state index in [1.54, 1.807) is 13.8 Å². The molecule has 0 unspecified atom stereocenters. The van der Waals surface area contributed by atoms with E-state index in [0.29, 0.717) is 37.6 Å². The summed E-state index contributed by atoms with van der Waals surface area (Å²) in [7, 11) is 0. The van der Waals surface area contributed by atoms with Crippen LogP contribution >= 0.6 is 0 Å². The zero-order valence-corrected chi connectivity index (χ0v) is 22.0. The summed E-state index contributed by atoms with van der Waals surface area (Å²) < 4.78 is 20.0. The van der Waals surface area contributed by atoms with Gasteiger partial charge in [-0.1, -0.05) is 13.2 Å². The molecule has 0 bridgehead atoms. The molecular weight excluding hydrogens is 432 g/mol. The molecule has 0 saturated carbocycles. The van der Waals surface area contributed by atoms with Gasteiger partial charge in [0.2, 0.25) is 0 Å². The maximum absolute atomic E-state index is 11.0. The fourth-order valence-corrected chi connectivity index (χ4v) is 0.955. The summed E-state index contributed by atoms with van der Waals surface area (Å²) in [5.74, 6) is -0.853. The summed E-state index contributed by atoms with van der Waals surface area (Å²) in [5.41, 5.74) is 0.718. The van der Waals surface area contributed by atoms with Gasteiger partial charge in [0.15, 0.2) is 0 Å². The van der Waals surface area contributed by atoms with Crippen molar-refractivity contribution in [1.82, 2.24) is 0 Å².